The minimum Gasteiger partial charge on any atom is -0.497 e. The minimum absolute atomic E-state index is 0.0332. The molecule has 204 valence electrons. The first-order chi connectivity index (χ1) is 18.1. The Labute approximate surface area is 217 Å². The van der Waals surface area contributed by atoms with Crippen LogP contribution in [0.3, 0.4) is 0 Å². The van der Waals surface area contributed by atoms with Crippen molar-refractivity contribution in [1.82, 2.24) is 9.88 Å². The van der Waals surface area contributed by atoms with Gasteiger partial charge < -0.3 is 25.2 Å². The summed E-state index contributed by atoms with van der Waals surface area (Å²) in [6.45, 7) is 1.46. The molecule has 0 radical (unpaired) electrons. The van der Waals surface area contributed by atoms with E-state index in [0.717, 1.165) is 12.3 Å². The van der Waals surface area contributed by atoms with Crippen molar-refractivity contribution in [1.29, 1.82) is 0 Å². The van der Waals surface area contributed by atoms with Crippen LogP contribution in [0.25, 0.3) is 10.9 Å². The summed E-state index contributed by atoms with van der Waals surface area (Å²) in [4.78, 5) is 18.3. The molecule has 0 aliphatic carbocycles. The maximum Gasteiger partial charge on any atom is 0.309 e. The number of nitrogens with one attached hydrogen (secondary N) is 1. The lowest BCUT2D eigenvalue weighted by Crippen LogP contribution is -2.45. The van der Waals surface area contributed by atoms with Gasteiger partial charge in [0.15, 0.2) is 11.6 Å². The standard InChI is InChI=1S/C27H29F4N3O4/c1-38-17-2-3-21-18(14-17)24(20(30)15-33-21)23(35)4-5-27(26(36)37)6-9-34(10-7-27)11-8-32-22-13-16(28)12-19(29)25(22)31/h2-3,12-15,23,32,35H,4-11H2,1H3,(H,36,37)/t23-/m1/s1. The number of hydrogen-bond donors (Lipinski definition) is 3. The molecule has 1 atom stereocenters. The molecule has 1 aliphatic heterocycles. The SMILES string of the molecule is COc1ccc2ncc(F)c([C@H](O)CCC3(C(=O)O)CCN(CCNc4cc(F)cc(F)c4F)CC3)c2c1. The number of halogens is 4. The molecule has 3 aromatic rings. The Balaban J connectivity index is 1.37. The van der Waals surface area contributed by atoms with E-state index < -0.39 is 40.8 Å². The second-order valence-electron chi connectivity index (χ2n) is 9.56. The van der Waals surface area contributed by atoms with E-state index in [9.17, 15) is 32.6 Å². The molecule has 0 amide bonds. The summed E-state index contributed by atoms with van der Waals surface area (Å²) in [5, 5.41) is 24.0. The number of ether oxygens (including phenoxy) is 1. The average molecular weight is 536 g/mol. The number of pyridine rings is 1. The fourth-order valence-electron chi connectivity index (χ4n) is 5.00. The number of piperidine rings is 1. The molecular formula is C27H29F4N3O4. The molecule has 0 bridgehead atoms. The van der Waals surface area contributed by atoms with Gasteiger partial charge in [0.25, 0.3) is 0 Å². The molecule has 0 unspecified atom stereocenters. The monoisotopic (exact) mass is 535 g/mol. The second kappa shape index (κ2) is 11.5. The quantitative estimate of drug-likeness (QED) is 0.251. The minimum atomic E-state index is -1.28. The van der Waals surface area contributed by atoms with Gasteiger partial charge in [-0.2, -0.15) is 0 Å². The summed E-state index contributed by atoms with van der Waals surface area (Å²) in [7, 11) is 1.47. The summed E-state index contributed by atoms with van der Waals surface area (Å²) >= 11 is 0. The van der Waals surface area contributed by atoms with Crippen molar-refractivity contribution in [2.75, 3.05) is 38.6 Å². The van der Waals surface area contributed by atoms with Crippen LogP contribution < -0.4 is 10.1 Å². The molecule has 38 heavy (non-hydrogen) atoms. The highest BCUT2D eigenvalue weighted by Crippen LogP contribution is 2.40. The van der Waals surface area contributed by atoms with Crippen LogP contribution >= 0.6 is 0 Å². The summed E-state index contributed by atoms with van der Waals surface area (Å²) in [5.41, 5.74) is -0.836. The maximum atomic E-state index is 14.7. The Bertz CT molecular complexity index is 1320. The third-order valence-electron chi connectivity index (χ3n) is 7.30. The number of carboxylic acids is 1. The van der Waals surface area contributed by atoms with Gasteiger partial charge in [-0.15, -0.1) is 0 Å². The van der Waals surface area contributed by atoms with Crippen molar-refractivity contribution >= 4 is 22.6 Å². The van der Waals surface area contributed by atoms with Crippen LogP contribution in [0.5, 0.6) is 5.75 Å². The number of carboxylic acid groups (broad SMARTS) is 1. The molecule has 4 rings (SSSR count). The molecule has 1 saturated heterocycles. The number of carbonyl (C=O) groups is 1. The van der Waals surface area contributed by atoms with Crippen LogP contribution in [0.2, 0.25) is 0 Å². The van der Waals surface area contributed by atoms with Crippen molar-refractivity contribution in [3.05, 3.63) is 65.4 Å². The Morgan fingerprint density at radius 3 is 2.58 bits per heavy atom. The first-order valence-electron chi connectivity index (χ1n) is 12.3. The molecule has 1 aromatic heterocycles. The van der Waals surface area contributed by atoms with Gasteiger partial charge in [0.2, 0.25) is 0 Å². The van der Waals surface area contributed by atoms with Gasteiger partial charge in [0.1, 0.15) is 17.4 Å². The number of methoxy groups -OCH3 is 1. The van der Waals surface area contributed by atoms with Crippen LogP contribution in [0.1, 0.15) is 37.4 Å². The van der Waals surface area contributed by atoms with Gasteiger partial charge in [-0.3, -0.25) is 9.78 Å². The van der Waals surface area contributed by atoms with Crippen molar-refractivity contribution in [2.24, 2.45) is 5.41 Å². The van der Waals surface area contributed by atoms with Crippen LogP contribution in [0, 0.1) is 28.7 Å². The van der Waals surface area contributed by atoms with Crippen LogP contribution in [-0.2, 0) is 4.79 Å². The zero-order chi connectivity index (χ0) is 27.4. The van der Waals surface area contributed by atoms with E-state index in [0.29, 0.717) is 55.2 Å². The first-order valence-corrected chi connectivity index (χ1v) is 12.3. The normalized spacial score (nSPS) is 16.4. The number of benzene rings is 2. The molecule has 2 heterocycles. The highest BCUT2D eigenvalue weighted by atomic mass is 19.2. The zero-order valence-electron chi connectivity index (χ0n) is 20.8. The van der Waals surface area contributed by atoms with E-state index in [1.807, 2.05) is 4.90 Å². The number of aliphatic hydroxyl groups is 1. The zero-order valence-corrected chi connectivity index (χ0v) is 20.8. The van der Waals surface area contributed by atoms with Gasteiger partial charge in [-0.1, -0.05) is 0 Å². The third kappa shape index (κ3) is 5.83. The van der Waals surface area contributed by atoms with Crippen LogP contribution in [-0.4, -0.2) is 59.4 Å². The van der Waals surface area contributed by atoms with E-state index in [2.05, 4.69) is 10.3 Å². The Hall–Kier alpha value is -3.44. The number of fused-ring (bicyclic) bond motifs is 1. The number of aromatic nitrogens is 1. The Kier molecular flexibility index (Phi) is 8.37. The fourth-order valence-corrected chi connectivity index (χ4v) is 5.00. The van der Waals surface area contributed by atoms with Gasteiger partial charge in [0.05, 0.1) is 36.0 Å². The van der Waals surface area contributed by atoms with Crippen molar-refractivity contribution < 1.29 is 37.3 Å². The van der Waals surface area contributed by atoms with E-state index in [-0.39, 0.29) is 30.6 Å². The largest absolute Gasteiger partial charge is 0.497 e. The third-order valence-corrected chi connectivity index (χ3v) is 7.30. The summed E-state index contributed by atoms with van der Waals surface area (Å²) in [6.07, 6.45) is 0.558. The number of aliphatic hydroxyl groups excluding tert-OH is 1. The smallest absolute Gasteiger partial charge is 0.309 e. The molecule has 1 fully saturated rings. The van der Waals surface area contributed by atoms with Crippen molar-refractivity contribution in [3.8, 4) is 5.75 Å². The van der Waals surface area contributed by atoms with Crippen LogP contribution in [0.15, 0.2) is 36.5 Å². The van der Waals surface area contributed by atoms with E-state index in [1.54, 1.807) is 18.2 Å². The lowest BCUT2D eigenvalue weighted by atomic mass is 9.74. The van der Waals surface area contributed by atoms with Gasteiger partial charge in [-0.25, -0.2) is 17.6 Å². The van der Waals surface area contributed by atoms with Gasteiger partial charge in [-0.05, 0) is 57.0 Å². The average Bonchev–Trinajstić information content (AvgIpc) is 2.90. The number of nitrogens with zero attached hydrogens (tertiary/aromatic N) is 2. The summed E-state index contributed by atoms with van der Waals surface area (Å²) in [6, 6.07) is 6.27. The van der Waals surface area contributed by atoms with E-state index in [4.69, 9.17) is 4.74 Å². The predicted molar refractivity (Wildman–Crippen MR) is 133 cm³/mol. The lowest BCUT2D eigenvalue weighted by Gasteiger charge is -2.39. The molecule has 7 nitrogen and oxygen atoms in total. The molecule has 0 saturated carbocycles. The van der Waals surface area contributed by atoms with Crippen LogP contribution in [0.4, 0.5) is 23.2 Å². The molecule has 2 aromatic carbocycles. The Morgan fingerprint density at radius 1 is 1.16 bits per heavy atom. The Morgan fingerprint density at radius 2 is 1.89 bits per heavy atom. The van der Waals surface area contributed by atoms with Gasteiger partial charge in [0, 0.05) is 36.2 Å². The number of rotatable bonds is 10. The molecule has 3 N–H and O–H groups in total. The second-order valence-corrected chi connectivity index (χ2v) is 9.56. The van der Waals surface area contributed by atoms with E-state index in [1.165, 1.54) is 7.11 Å². The molecule has 11 heteroatoms. The predicted octanol–water partition coefficient (Wildman–Crippen LogP) is 4.89. The summed E-state index contributed by atoms with van der Waals surface area (Å²) in [5.74, 6) is -4.52. The van der Waals surface area contributed by atoms with Gasteiger partial charge >= 0.3 is 5.97 Å². The van der Waals surface area contributed by atoms with E-state index >= 15 is 0 Å². The lowest BCUT2D eigenvalue weighted by molar-refractivity contribution is -0.153. The first kappa shape index (κ1) is 27.6. The summed E-state index contributed by atoms with van der Waals surface area (Å²) < 4.78 is 60.5. The molecule has 1 aliphatic rings. The number of hydrogen-bond acceptors (Lipinski definition) is 6. The number of anilines is 1. The fraction of sp³-hybridized carbons (Fsp3) is 0.407. The molecule has 0 spiro atoms. The van der Waals surface area contributed by atoms with Crippen molar-refractivity contribution in [3.63, 3.8) is 0 Å². The molecular weight excluding hydrogens is 506 g/mol. The topological polar surface area (TPSA) is 94.9 Å². The maximum absolute atomic E-state index is 14.7. The van der Waals surface area contributed by atoms with Crippen molar-refractivity contribution in [2.45, 2.75) is 31.8 Å². The highest BCUT2D eigenvalue weighted by Gasteiger charge is 2.41. The highest BCUT2D eigenvalue weighted by molar-refractivity contribution is 5.84. The number of aliphatic carboxylic acids is 1. The number of likely N-dealkylation sites (tertiary alicyclic amines) is 1.